The largest absolute Gasteiger partial charge is 0.330 e. The smallest absolute Gasteiger partial charge is 0.0954 e. The average molecular weight is 214 g/mol. The van der Waals surface area contributed by atoms with Gasteiger partial charge in [0.2, 0.25) is 0 Å². The molecule has 0 spiro atoms. The monoisotopic (exact) mass is 213 g/mol. The van der Waals surface area contributed by atoms with Gasteiger partial charge in [0.25, 0.3) is 0 Å². The SMILES string of the molecule is NCCCCC#Cc1sccc1Cl. The van der Waals surface area contributed by atoms with Crippen molar-refractivity contribution in [2.75, 3.05) is 6.54 Å². The maximum absolute atomic E-state index is 5.87. The Hall–Kier alpha value is -0.490. The zero-order valence-electron chi connectivity index (χ0n) is 7.35. The first kappa shape index (κ1) is 10.6. The number of hydrogen-bond acceptors (Lipinski definition) is 2. The zero-order valence-corrected chi connectivity index (χ0v) is 8.92. The molecule has 0 unspecified atom stereocenters. The highest BCUT2D eigenvalue weighted by Crippen LogP contribution is 2.20. The molecule has 0 aromatic carbocycles. The van der Waals surface area contributed by atoms with Crippen molar-refractivity contribution < 1.29 is 0 Å². The van der Waals surface area contributed by atoms with Crippen LogP contribution < -0.4 is 5.73 Å². The van der Waals surface area contributed by atoms with Gasteiger partial charge in [0.05, 0.1) is 9.90 Å². The van der Waals surface area contributed by atoms with Crippen molar-refractivity contribution in [3.05, 3.63) is 21.3 Å². The van der Waals surface area contributed by atoms with Crippen molar-refractivity contribution in [2.24, 2.45) is 5.73 Å². The van der Waals surface area contributed by atoms with Crippen LogP contribution in [-0.4, -0.2) is 6.54 Å². The molecule has 0 saturated carbocycles. The van der Waals surface area contributed by atoms with Crippen LogP contribution in [0, 0.1) is 11.8 Å². The Morgan fingerprint density at radius 1 is 1.46 bits per heavy atom. The van der Waals surface area contributed by atoms with E-state index in [4.69, 9.17) is 17.3 Å². The normalized spacial score (nSPS) is 9.38. The first-order chi connectivity index (χ1) is 6.34. The van der Waals surface area contributed by atoms with Crippen molar-refractivity contribution in [1.82, 2.24) is 0 Å². The molecule has 2 N–H and O–H groups in total. The maximum atomic E-state index is 5.87. The predicted octanol–water partition coefficient (Wildman–Crippen LogP) is 2.88. The van der Waals surface area contributed by atoms with E-state index in [2.05, 4.69) is 11.8 Å². The van der Waals surface area contributed by atoms with Gasteiger partial charge in [-0.1, -0.05) is 23.4 Å². The standard InChI is InChI=1S/C10H12ClNS/c11-9-6-8-13-10(9)5-3-1-2-4-7-12/h6,8H,1-2,4,7,12H2. The molecule has 0 aliphatic carbocycles. The fourth-order valence-corrected chi connectivity index (χ4v) is 1.85. The van der Waals surface area contributed by atoms with Crippen LogP contribution in [0.15, 0.2) is 11.4 Å². The second kappa shape index (κ2) is 6.04. The molecular formula is C10H12ClNS. The molecule has 3 heteroatoms. The molecule has 1 aromatic heterocycles. The summed E-state index contributed by atoms with van der Waals surface area (Å²) in [6.45, 7) is 0.751. The van der Waals surface area contributed by atoms with Crippen LogP contribution in [-0.2, 0) is 0 Å². The molecular weight excluding hydrogens is 202 g/mol. The van der Waals surface area contributed by atoms with E-state index < -0.39 is 0 Å². The van der Waals surface area contributed by atoms with E-state index in [9.17, 15) is 0 Å². The van der Waals surface area contributed by atoms with Crippen molar-refractivity contribution in [3.8, 4) is 11.8 Å². The predicted molar refractivity (Wildman–Crippen MR) is 59.1 cm³/mol. The molecule has 0 radical (unpaired) electrons. The molecule has 70 valence electrons. The summed E-state index contributed by atoms with van der Waals surface area (Å²) in [5.41, 5.74) is 5.36. The number of nitrogens with two attached hydrogens (primary N) is 1. The maximum Gasteiger partial charge on any atom is 0.0954 e. The summed E-state index contributed by atoms with van der Waals surface area (Å²) in [5.74, 6) is 6.13. The summed E-state index contributed by atoms with van der Waals surface area (Å²) >= 11 is 7.45. The Balaban J connectivity index is 2.35. The van der Waals surface area contributed by atoms with Crippen LogP contribution in [0.1, 0.15) is 24.1 Å². The van der Waals surface area contributed by atoms with Gasteiger partial charge < -0.3 is 5.73 Å². The van der Waals surface area contributed by atoms with Crippen LogP contribution in [0.25, 0.3) is 0 Å². The van der Waals surface area contributed by atoms with Gasteiger partial charge in [-0.15, -0.1) is 11.3 Å². The Morgan fingerprint density at radius 2 is 2.31 bits per heavy atom. The summed E-state index contributed by atoms with van der Waals surface area (Å²) < 4.78 is 0. The molecule has 0 aliphatic heterocycles. The first-order valence-corrected chi connectivity index (χ1v) is 5.52. The zero-order chi connectivity index (χ0) is 9.52. The highest BCUT2D eigenvalue weighted by atomic mass is 35.5. The Bertz CT molecular complexity index is 308. The topological polar surface area (TPSA) is 26.0 Å². The van der Waals surface area contributed by atoms with E-state index in [-0.39, 0.29) is 0 Å². The van der Waals surface area contributed by atoms with E-state index in [0.29, 0.717) is 0 Å². The number of hydrogen-bond donors (Lipinski definition) is 1. The second-order valence-electron chi connectivity index (χ2n) is 2.65. The van der Waals surface area contributed by atoms with Crippen molar-refractivity contribution in [2.45, 2.75) is 19.3 Å². The third-order valence-electron chi connectivity index (χ3n) is 1.57. The third-order valence-corrected chi connectivity index (χ3v) is 2.83. The van der Waals surface area contributed by atoms with E-state index in [1.807, 2.05) is 11.4 Å². The van der Waals surface area contributed by atoms with Crippen LogP contribution in [0.3, 0.4) is 0 Å². The van der Waals surface area contributed by atoms with Gasteiger partial charge in [0.15, 0.2) is 0 Å². The van der Waals surface area contributed by atoms with Gasteiger partial charge in [0.1, 0.15) is 0 Å². The van der Waals surface area contributed by atoms with E-state index in [1.165, 1.54) is 0 Å². The number of thiophene rings is 1. The molecule has 1 rings (SSSR count). The molecule has 0 atom stereocenters. The molecule has 1 aromatic rings. The molecule has 0 amide bonds. The lowest BCUT2D eigenvalue weighted by molar-refractivity contribution is 0.768. The first-order valence-electron chi connectivity index (χ1n) is 4.26. The number of unbranched alkanes of at least 4 members (excludes halogenated alkanes) is 2. The lowest BCUT2D eigenvalue weighted by atomic mass is 10.2. The van der Waals surface area contributed by atoms with Gasteiger partial charge in [-0.25, -0.2) is 0 Å². The Labute approximate surface area is 87.9 Å². The van der Waals surface area contributed by atoms with Gasteiger partial charge >= 0.3 is 0 Å². The van der Waals surface area contributed by atoms with Crippen molar-refractivity contribution in [1.29, 1.82) is 0 Å². The minimum absolute atomic E-state index is 0.751. The Morgan fingerprint density at radius 3 is 2.92 bits per heavy atom. The molecule has 1 heterocycles. The van der Waals surface area contributed by atoms with Gasteiger partial charge in [-0.05, 0) is 30.8 Å². The summed E-state index contributed by atoms with van der Waals surface area (Å²) in [6.07, 6.45) is 3.03. The summed E-state index contributed by atoms with van der Waals surface area (Å²) in [5, 5.41) is 2.71. The second-order valence-corrected chi connectivity index (χ2v) is 3.97. The average Bonchev–Trinajstić information content (AvgIpc) is 2.52. The quantitative estimate of drug-likeness (QED) is 0.607. The highest BCUT2D eigenvalue weighted by molar-refractivity contribution is 7.11. The van der Waals surface area contributed by atoms with Crippen molar-refractivity contribution in [3.63, 3.8) is 0 Å². The Kier molecular flexibility index (Phi) is 4.92. The van der Waals surface area contributed by atoms with Gasteiger partial charge in [0, 0.05) is 6.42 Å². The number of halogens is 1. The lowest BCUT2D eigenvalue weighted by Gasteiger charge is -1.88. The van der Waals surface area contributed by atoms with E-state index in [1.54, 1.807) is 11.3 Å². The molecule has 0 saturated heterocycles. The fourth-order valence-electron chi connectivity index (χ4n) is 0.883. The summed E-state index contributed by atoms with van der Waals surface area (Å²) in [4.78, 5) is 0.967. The molecule has 0 aliphatic rings. The van der Waals surface area contributed by atoms with Gasteiger partial charge in [-0.2, -0.15) is 0 Å². The van der Waals surface area contributed by atoms with E-state index >= 15 is 0 Å². The van der Waals surface area contributed by atoms with Crippen molar-refractivity contribution >= 4 is 22.9 Å². The highest BCUT2D eigenvalue weighted by Gasteiger charge is 1.95. The molecule has 13 heavy (non-hydrogen) atoms. The lowest BCUT2D eigenvalue weighted by Crippen LogP contribution is -1.96. The minimum atomic E-state index is 0.751. The number of rotatable bonds is 3. The minimum Gasteiger partial charge on any atom is -0.330 e. The summed E-state index contributed by atoms with van der Waals surface area (Å²) in [6, 6.07) is 1.87. The fraction of sp³-hybridized carbons (Fsp3) is 0.400. The molecule has 1 nitrogen and oxygen atoms in total. The molecule has 0 fully saturated rings. The van der Waals surface area contributed by atoms with Gasteiger partial charge in [-0.3, -0.25) is 0 Å². The summed E-state index contributed by atoms with van der Waals surface area (Å²) in [7, 11) is 0. The van der Waals surface area contributed by atoms with Crippen LogP contribution in [0.5, 0.6) is 0 Å². The van der Waals surface area contributed by atoms with Crippen LogP contribution >= 0.6 is 22.9 Å². The third kappa shape index (κ3) is 3.82. The molecule has 0 bridgehead atoms. The van der Waals surface area contributed by atoms with Crippen LogP contribution in [0.2, 0.25) is 5.02 Å². The van der Waals surface area contributed by atoms with E-state index in [0.717, 1.165) is 35.7 Å². The van der Waals surface area contributed by atoms with Crippen LogP contribution in [0.4, 0.5) is 0 Å².